The summed E-state index contributed by atoms with van der Waals surface area (Å²) in [5.41, 5.74) is 6.80. The van der Waals surface area contributed by atoms with Crippen LogP contribution >= 0.6 is 0 Å². The minimum absolute atomic E-state index is 0.317. The van der Waals surface area contributed by atoms with Crippen LogP contribution in [0.4, 0.5) is 11.4 Å². The lowest BCUT2D eigenvalue weighted by Gasteiger charge is -2.43. The molecule has 4 aliphatic rings. The topological polar surface area (TPSA) is 69.7 Å². The Morgan fingerprint density at radius 2 is 1.24 bits per heavy atom. The van der Waals surface area contributed by atoms with E-state index >= 15 is 0 Å². The Bertz CT molecular complexity index is 1670. The fraction of sp³-hybridized carbons (Fsp3) is 0.351. The molecule has 1 fully saturated rings. The number of nitrogens with zero attached hydrogens (tertiary/aromatic N) is 3. The number of fused-ring (bicyclic) bond motifs is 3. The second-order valence-electron chi connectivity index (χ2n) is 12.7. The molecule has 1 saturated carbocycles. The molecule has 8 nitrogen and oxygen atoms in total. The van der Waals surface area contributed by atoms with Crippen molar-refractivity contribution in [2.45, 2.75) is 63.9 Å². The molecular formula is C37H40N4O4. The van der Waals surface area contributed by atoms with E-state index in [0.29, 0.717) is 44.6 Å². The summed E-state index contributed by atoms with van der Waals surface area (Å²) in [7, 11) is 0. The number of phenolic OH excluding ortho intramolecular Hbond substituents is 1. The summed E-state index contributed by atoms with van der Waals surface area (Å²) in [5.74, 6) is 3.27. The summed E-state index contributed by atoms with van der Waals surface area (Å²) in [4.78, 5) is 7.31. The van der Waals surface area contributed by atoms with Crippen LogP contribution in [0.3, 0.4) is 0 Å². The molecule has 8 heteroatoms. The van der Waals surface area contributed by atoms with Crippen LogP contribution in [0.5, 0.6) is 23.0 Å². The van der Waals surface area contributed by atoms with E-state index in [1.807, 2.05) is 30.3 Å². The van der Waals surface area contributed by atoms with E-state index in [-0.39, 0.29) is 0 Å². The van der Waals surface area contributed by atoms with Gasteiger partial charge in [0.25, 0.3) is 0 Å². The minimum Gasteiger partial charge on any atom is -0.508 e. The van der Waals surface area contributed by atoms with Crippen LogP contribution in [0.15, 0.2) is 84.9 Å². The Labute approximate surface area is 264 Å². The maximum atomic E-state index is 10.1. The first-order valence-corrected chi connectivity index (χ1v) is 16.1. The fourth-order valence-electron chi connectivity index (χ4n) is 7.27. The third-order valence-electron chi connectivity index (χ3n) is 9.87. The molecular weight excluding hydrogens is 564 g/mol. The standard InChI is InChI=1S/C37H40N4O4/c42-34-7-3-1-5-26(34)19-38-30-9-15-36-28(17-30)21-39(23-44-36)31-10-12-32(13-11-31)40-22-29-18-33(14-16-37(29)45-24-40)41-20-27-6-2-4-8-35(27)43-25-41/h1-9,14-18,31-32,38,42H,10-13,19-25H2. The smallest absolute Gasteiger partial charge is 0.161 e. The fourth-order valence-corrected chi connectivity index (χ4v) is 7.27. The average Bonchev–Trinajstić information content (AvgIpc) is 3.10. The Balaban J connectivity index is 0.864. The van der Waals surface area contributed by atoms with E-state index < -0.39 is 0 Å². The lowest BCUT2D eigenvalue weighted by atomic mass is 9.88. The van der Waals surface area contributed by atoms with Crippen molar-refractivity contribution in [2.75, 3.05) is 30.4 Å². The van der Waals surface area contributed by atoms with Crippen molar-refractivity contribution in [3.05, 3.63) is 107 Å². The van der Waals surface area contributed by atoms with Crippen LogP contribution in [0, 0.1) is 0 Å². The van der Waals surface area contributed by atoms with Crippen LogP contribution in [0.25, 0.3) is 0 Å². The van der Waals surface area contributed by atoms with Crippen molar-refractivity contribution < 1.29 is 19.3 Å². The summed E-state index contributed by atoms with van der Waals surface area (Å²) >= 11 is 0. The first-order valence-electron chi connectivity index (χ1n) is 16.1. The molecule has 8 rings (SSSR count). The molecule has 232 valence electrons. The summed E-state index contributed by atoms with van der Waals surface area (Å²) < 4.78 is 18.5. The molecule has 0 atom stereocenters. The van der Waals surface area contributed by atoms with E-state index in [9.17, 15) is 5.11 Å². The van der Waals surface area contributed by atoms with Crippen LogP contribution < -0.4 is 24.4 Å². The van der Waals surface area contributed by atoms with Crippen molar-refractivity contribution >= 4 is 11.4 Å². The van der Waals surface area contributed by atoms with Gasteiger partial charge in [-0.3, -0.25) is 9.80 Å². The van der Waals surface area contributed by atoms with Gasteiger partial charge >= 0.3 is 0 Å². The SMILES string of the molecule is Oc1ccccc1CNc1ccc2c(c1)CN(C1CCC(N3COc4ccc(N5COc6ccccc6C5)cc4C3)CC1)CO2. The van der Waals surface area contributed by atoms with Crippen LogP contribution in [-0.2, 0) is 26.2 Å². The highest BCUT2D eigenvalue weighted by Crippen LogP contribution is 2.37. The zero-order valence-corrected chi connectivity index (χ0v) is 25.5. The number of ether oxygens (including phenoxy) is 3. The number of nitrogens with one attached hydrogen (secondary N) is 1. The molecule has 45 heavy (non-hydrogen) atoms. The number of hydrogen-bond acceptors (Lipinski definition) is 8. The highest BCUT2D eigenvalue weighted by molar-refractivity contribution is 5.56. The Kier molecular flexibility index (Phi) is 7.61. The van der Waals surface area contributed by atoms with E-state index in [0.717, 1.165) is 73.8 Å². The minimum atomic E-state index is 0.317. The zero-order chi connectivity index (χ0) is 30.2. The number of anilines is 2. The summed E-state index contributed by atoms with van der Waals surface area (Å²) in [6.07, 6.45) is 4.63. The Morgan fingerprint density at radius 3 is 2.00 bits per heavy atom. The highest BCUT2D eigenvalue weighted by atomic mass is 16.5. The van der Waals surface area contributed by atoms with Crippen molar-refractivity contribution in [2.24, 2.45) is 0 Å². The monoisotopic (exact) mass is 604 g/mol. The molecule has 4 aromatic carbocycles. The number of rotatable bonds is 6. The van der Waals surface area contributed by atoms with Gasteiger partial charge in [-0.05, 0) is 74.2 Å². The van der Waals surface area contributed by atoms with E-state index in [4.69, 9.17) is 14.2 Å². The summed E-state index contributed by atoms with van der Waals surface area (Å²) in [6, 6.07) is 29.7. The number of aromatic hydroxyl groups is 1. The second kappa shape index (κ2) is 12.2. The van der Waals surface area contributed by atoms with Gasteiger partial charge in [-0.15, -0.1) is 0 Å². The summed E-state index contributed by atoms with van der Waals surface area (Å²) in [6.45, 7) is 5.09. The van der Waals surface area contributed by atoms with Gasteiger partial charge in [-0.25, -0.2) is 0 Å². The Hall–Kier alpha value is -4.40. The van der Waals surface area contributed by atoms with Gasteiger partial charge in [-0.1, -0.05) is 36.4 Å². The van der Waals surface area contributed by atoms with E-state index in [1.54, 1.807) is 6.07 Å². The maximum Gasteiger partial charge on any atom is 0.161 e. The normalized spacial score (nSPS) is 21.4. The average molecular weight is 605 g/mol. The molecule has 0 saturated heterocycles. The van der Waals surface area contributed by atoms with Crippen molar-refractivity contribution in [1.82, 2.24) is 9.80 Å². The molecule has 1 aliphatic carbocycles. The summed E-state index contributed by atoms with van der Waals surface area (Å²) in [5, 5.41) is 13.6. The molecule has 0 radical (unpaired) electrons. The molecule has 0 aromatic heterocycles. The van der Waals surface area contributed by atoms with Gasteiger partial charge < -0.3 is 29.5 Å². The highest BCUT2D eigenvalue weighted by Gasteiger charge is 2.33. The molecule has 0 unspecified atom stereocenters. The number of phenols is 1. The molecule has 0 bridgehead atoms. The third-order valence-corrected chi connectivity index (χ3v) is 9.87. The number of para-hydroxylation sites is 2. The van der Waals surface area contributed by atoms with Crippen LogP contribution in [0.1, 0.15) is 47.9 Å². The van der Waals surface area contributed by atoms with Crippen molar-refractivity contribution in [1.29, 1.82) is 0 Å². The Morgan fingerprint density at radius 1 is 0.622 bits per heavy atom. The van der Waals surface area contributed by atoms with Gasteiger partial charge in [0.05, 0.1) is 0 Å². The van der Waals surface area contributed by atoms with Gasteiger partial charge in [0.1, 0.15) is 36.5 Å². The second-order valence-corrected chi connectivity index (χ2v) is 12.7. The van der Waals surface area contributed by atoms with Crippen LogP contribution in [0.2, 0.25) is 0 Å². The van der Waals surface area contributed by atoms with E-state index in [2.05, 4.69) is 68.5 Å². The molecule has 3 heterocycles. The predicted molar refractivity (Wildman–Crippen MR) is 175 cm³/mol. The number of hydrogen-bond donors (Lipinski definition) is 2. The zero-order valence-electron chi connectivity index (χ0n) is 25.5. The molecule has 2 N–H and O–H groups in total. The molecule has 3 aliphatic heterocycles. The van der Waals surface area contributed by atoms with E-state index in [1.165, 1.54) is 22.4 Å². The van der Waals surface area contributed by atoms with Crippen molar-refractivity contribution in [3.63, 3.8) is 0 Å². The number of benzene rings is 4. The van der Waals surface area contributed by atoms with Gasteiger partial charge in [0.15, 0.2) is 6.73 Å². The van der Waals surface area contributed by atoms with Gasteiger partial charge in [0, 0.05) is 71.9 Å². The first-order chi connectivity index (χ1) is 22.2. The quantitative estimate of drug-likeness (QED) is 0.253. The predicted octanol–water partition coefficient (Wildman–Crippen LogP) is 6.68. The maximum absolute atomic E-state index is 10.1. The lowest BCUT2D eigenvalue weighted by molar-refractivity contribution is 0.00140. The lowest BCUT2D eigenvalue weighted by Crippen LogP contribution is -2.47. The van der Waals surface area contributed by atoms with Gasteiger partial charge in [-0.2, -0.15) is 0 Å². The first kappa shape index (κ1) is 28.1. The van der Waals surface area contributed by atoms with Crippen LogP contribution in [-0.4, -0.2) is 47.2 Å². The van der Waals surface area contributed by atoms with Gasteiger partial charge in [0.2, 0.25) is 0 Å². The van der Waals surface area contributed by atoms with Crippen molar-refractivity contribution in [3.8, 4) is 23.0 Å². The molecule has 0 spiro atoms. The molecule has 4 aromatic rings. The molecule has 0 amide bonds. The third kappa shape index (κ3) is 5.88. The largest absolute Gasteiger partial charge is 0.508 e.